The molecule has 10 heteroatoms. The second kappa shape index (κ2) is 9.24. The van der Waals surface area contributed by atoms with Gasteiger partial charge in [0.05, 0.1) is 12.8 Å². The summed E-state index contributed by atoms with van der Waals surface area (Å²) in [4.78, 5) is 44.2. The molecule has 0 aliphatic rings. The number of thioether (sulfide) groups is 1. The minimum Gasteiger partial charge on any atom is -0.495 e. The van der Waals surface area contributed by atoms with E-state index < -0.39 is 17.2 Å². The largest absolute Gasteiger partial charge is 0.495 e. The van der Waals surface area contributed by atoms with Crippen molar-refractivity contribution in [1.82, 2.24) is 14.1 Å². The molecular weight excluding hydrogens is 460 g/mol. The van der Waals surface area contributed by atoms with Crippen molar-refractivity contribution in [2.75, 3.05) is 18.7 Å². The van der Waals surface area contributed by atoms with Crippen molar-refractivity contribution in [2.45, 2.75) is 24.7 Å². The van der Waals surface area contributed by atoms with Gasteiger partial charge in [0.15, 0.2) is 9.99 Å². The number of nitrogens with one attached hydrogen (secondary N) is 1. The summed E-state index contributed by atoms with van der Waals surface area (Å²) in [5.74, 6) is -0.0220. The number of amides is 1. The van der Waals surface area contributed by atoms with Gasteiger partial charge in [-0.2, -0.15) is 0 Å². The number of ether oxygens (including phenoxy) is 1. The van der Waals surface area contributed by atoms with Gasteiger partial charge in [0.2, 0.25) is 5.91 Å². The maximum Gasteiger partial charge on any atom is 0.337 e. The highest BCUT2D eigenvalue weighted by Crippen LogP contribution is 2.26. The summed E-state index contributed by atoms with van der Waals surface area (Å²) < 4.78 is 8.56. The van der Waals surface area contributed by atoms with Gasteiger partial charge in [-0.1, -0.05) is 41.6 Å². The maximum absolute atomic E-state index is 13.5. The van der Waals surface area contributed by atoms with Crippen molar-refractivity contribution >= 4 is 45.0 Å². The van der Waals surface area contributed by atoms with Crippen LogP contribution in [0.5, 0.6) is 5.75 Å². The standard InChI is InChI=1S/C23H22N4O4S2/c1-13-9-10-15(14(2)11-13)24-18(28)12-26-20-19(33-22(25-20)32-4)21(29)27(23(26)30)16-7-5-6-8-17(16)31-3/h5-11H,12H2,1-4H3,(H,24,28). The van der Waals surface area contributed by atoms with Crippen LogP contribution < -0.4 is 21.3 Å². The zero-order chi connectivity index (χ0) is 23.7. The zero-order valence-electron chi connectivity index (χ0n) is 18.5. The molecular formula is C23H22N4O4S2. The van der Waals surface area contributed by atoms with E-state index >= 15 is 0 Å². The van der Waals surface area contributed by atoms with E-state index in [0.717, 1.165) is 15.7 Å². The van der Waals surface area contributed by atoms with Crippen LogP contribution in [-0.4, -0.2) is 33.4 Å². The molecule has 0 atom stereocenters. The number of aromatic nitrogens is 3. The number of rotatable bonds is 6. The second-order valence-electron chi connectivity index (χ2n) is 7.38. The Morgan fingerprint density at radius 3 is 2.64 bits per heavy atom. The van der Waals surface area contributed by atoms with Crippen molar-refractivity contribution in [3.05, 3.63) is 74.4 Å². The highest BCUT2D eigenvalue weighted by atomic mass is 32.2. The van der Waals surface area contributed by atoms with Gasteiger partial charge in [-0.15, -0.1) is 11.3 Å². The number of hydrogen-bond donors (Lipinski definition) is 1. The molecule has 33 heavy (non-hydrogen) atoms. The van der Waals surface area contributed by atoms with Crippen LogP contribution in [0.1, 0.15) is 11.1 Å². The smallest absolute Gasteiger partial charge is 0.337 e. The maximum atomic E-state index is 13.5. The molecule has 2 heterocycles. The van der Waals surface area contributed by atoms with Crippen LogP contribution in [0, 0.1) is 13.8 Å². The number of carbonyl (C=O) groups is 1. The van der Waals surface area contributed by atoms with E-state index in [4.69, 9.17) is 4.74 Å². The van der Waals surface area contributed by atoms with Gasteiger partial charge in [-0.25, -0.2) is 14.3 Å². The highest BCUT2D eigenvalue weighted by Gasteiger charge is 2.22. The molecule has 4 rings (SSSR count). The zero-order valence-corrected chi connectivity index (χ0v) is 20.2. The Kier molecular flexibility index (Phi) is 6.39. The predicted octanol–water partition coefficient (Wildman–Crippen LogP) is 3.59. The van der Waals surface area contributed by atoms with Crippen molar-refractivity contribution in [1.29, 1.82) is 0 Å². The van der Waals surface area contributed by atoms with E-state index in [-0.39, 0.29) is 12.2 Å². The Balaban J connectivity index is 1.86. The van der Waals surface area contributed by atoms with Crippen LogP contribution in [0.2, 0.25) is 0 Å². The van der Waals surface area contributed by atoms with E-state index in [0.29, 0.717) is 26.2 Å². The van der Waals surface area contributed by atoms with Crippen molar-refractivity contribution in [3.63, 3.8) is 0 Å². The number of thiazole rings is 1. The lowest BCUT2D eigenvalue weighted by molar-refractivity contribution is -0.116. The molecule has 1 amide bonds. The Morgan fingerprint density at radius 1 is 1.18 bits per heavy atom. The van der Waals surface area contributed by atoms with E-state index in [9.17, 15) is 14.4 Å². The molecule has 0 saturated heterocycles. The Morgan fingerprint density at radius 2 is 1.94 bits per heavy atom. The minimum absolute atomic E-state index is 0.196. The molecule has 0 radical (unpaired) electrons. The second-order valence-corrected chi connectivity index (χ2v) is 9.44. The van der Waals surface area contributed by atoms with Crippen LogP contribution in [0.15, 0.2) is 56.4 Å². The van der Waals surface area contributed by atoms with Gasteiger partial charge in [0.25, 0.3) is 5.56 Å². The lowest BCUT2D eigenvalue weighted by Crippen LogP contribution is -2.40. The molecule has 4 aromatic rings. The monoisotopic (exact) mass is 482 g/mol. The summed E-state index contributed by atoms with van der Waals surface area (Å²) in [5, 5.41) is 2.85. The van der Waals surface area contributed by atoms with Crippen LogP contribution in [0.25, 0.3) is 16.0 Å². The van der Waals surface area contributed by atoms with Gasteiger partial charge in [-0.05, 0) is 43.9 Å². The third-order valence-corrected chi connectivity index (χ3v) is 7.14. The lowest BCUT2D eigenvalue weighted by Gasteiger charge is -2.14. The first-order valence-corrected chi connectivity index (χ1v) is 12.1. The van der Waals surface area contributed by atoms with E-state index in [1.54, 1.807) is 24.3 Å². The highest BCUT2D eigenvalue weighted by molar-refractivity contribution is 8.00. The number of fused-ring (bicyclic) bond motifs is 1. The van der Waals surface area contributed by atoms with Crippen LogP contribution in [0.3, 0.4) is 0 Å². The molecule has 0 unspecified atom stereocenters. The third kappa shape index (κ3) is 4.31. The molecule has 0 bridgehead atoms. The first kappa shape index (κ1) is 22.8. The van der Waals surface area contributed by atoms with E-state index in [1.165, 1.54) is 34.8 Å². The summed E-state index contributed by atoms with van der Waals surface area (Å²) in [6.45, 7) is 3.58. The van der Waals surface area contributed by atoms with Gasteiger partial charge >= 0.3 is 5.69 Å². The Labute approximate surface area is 197 Å². The summed E-state index contributed by atoms with van der Waals surface area (Å²) >= 11 is 2.56. The fraction of sp³-hybridized carbons (Fsp3) is 0.217. The third-order valence-electron chi connectivity index (χ3n) is 5.12. The number of hydrogen-bond acceptors (Lipinski definition) is 7. The topological polar surface area (TPSA) is 95.2 Å². The Hall–Kier alpha value is -3.37. The number of carbonyl (C=O) groups excluding carboxylic acids is 1. The number of anilines is 1. The SMILES string of the molecule is COc1ccccc1-n1c(=O)c2sc(SC)nc2n(CC(=O)Nc2ccc(C)cc2C)c1=O. The first-order chi connectivity index (χ1) is 15.8. The molecule has 0 aliphatic heterocycles. The van der Waals surface area contributed by atoms with Gasteiger partial charge in [0.1, 0.15) is 17.0 Å². The quantitative estimate of drug-likeness (QED) is 0.422. The molecule has 0 aliphatic carbocycles. The summed E-state index contributed by atoms with van der Waals surface area (Å²) in [7, 11) is 1.47. The normalized spacial score (nSPS) is 11.0. The lowest BCUT2D eigenvalue weighted by atomic mass is 10.1. The minimum atomic E-state index is -0.661. The molecule has 0 spiro atoms. The molecule has 0 fully saturated rings. The number of para-hydroxylation sites is 2. The first-order valence-electron chi connectivity index (χ1n) is 10.0. The van der Waals surface area contributed by atoms with E-state index in [2.05, 4.69) is 10.3 Å². The van der Waals surface area contributed by atoms with Crippen LogP contribution in [-0.2, 0) is 11.3 Å². The molecule has 8 nitrogen and oxygen atoms in total. The molecule has 170 valence electrons. The molecule has 0 saturated carbocycles. The average Bonchev–Trinajstić information content (AvgIpc) is 3.24. The van der Waals surface area contributed by atoms with Crippen molar-refractivity contribution in [2.24, 2.45) is 0 Å². The fourth-order valence-electron chi connectivity index (χ4n) is 3.56. The van der Waals surface area contributed by atoms with E-state index in [1.807, 2.05) is 38.3 Å². The predicted molar refractivity (Wildman–Crippen MR) is 132 cm³/mol. The number of benzene rings is 2. The summed E-state index contributed by atoms with van der Waals surface area (Å²) in [6, 6.07) is 12.5. The average molecular weight is 483 g/mol. The Bertz CT molecular complexity index is 1490. The molecule has 2 aromatic heterocycles. The summed E-state index contributed by atoms with van der Waals surface area (Å²) in [6.07, 6.45) is 1.84. The number of aryl methyl sites for hydroxylation is 2. The molecule has 2 aromatic carbocycles. The van der Waals surface area contributed by atoms with Crippen molar-refractivity contribution in [3.8, 4) is 11.4 Å². The van der Waals surface area contributed by atoms with Crippen molar-refractivity contribution < 1.29 is 9.53 Å². The van der Waals surface area contributed by atoms with Crippen LogP contribution >= 0.6 is 23.1 Å². The fourth-order valence-corrected chi connectivity index (χ4v) is 5.05. The van der Waals surface area contributed by atoms with Crippen LogP contribution in [0.4, 0.5) is 5.69 Å². The molecule has 1 N–H and O–H groups in total. The van der Waals surface area contributed by atoms with Gasteiger partial charge in [-0.3, -0.25) is 14.2 Å². The number of nitrogens with zero attached hydrogens (tertiary/aromatic N) is 3. The number of methoxy groups -OCH3 is 1. The van der Waals surface area contributed by atoms with Gasteiger partial charge < -0.3 is 10.1 Å². The summed E-state index contributed by atoms with van der Waals surface area (Å²) in [5.41, 5.74) is 2.00. The van der Waals surface area contributed by atoms with Gasteiger partial charge in [0, 0.05) is 5.69 Å².